The van der Waals surface area contributed by atoms with Crippen LogP contribution >= 0.6 is 0 Å². The van der Waals surface area contributed by atoms with Crippen molar-refractivity contribution >= 4 is 5.91 Å². The van der Waals surface area contributed by atoms with Crippen LogP contribution in [0.3, 0.4) is 0 Å². The van der Waals surface area contributed by atoms with Crippen LogP contribution in [0.2, 0.25) is 0 Å². The molecular weight excluding hydrogens is 364 g/mol. The van der Waals surface area contributed by atoms with Crippen LogP contribution in [0, 0.1) is 0 Å². The van der Waals surface area contributed by atoms with Gasteiger partial charge in [0.2, 0.25) is 0 Å². The maximum atomic E-state index is 12.5. The van der Waals surface area contributed by atoms with E-state index in [0.717, 1.165) is 22.6 Å². The Morgan fingerprint density at radius 3 is 2.45 bits per heavy atom. The van der Waals surface area contributed by atoms with Gasteiger partial charge in [-0.3, -0.25) is 4.79 Å². The Morgan fingerprint density at radius 1 is 0.897 bits per heavy atom. The minimum Gasteiger partial charge on any atom is -0.457 e. The summed E-state index contributed by atoms with van der Waals surface area (Å²) in [6, 6.07) is 24.8. The molecule has 4 rings (SSSR count). The van der Waals surface area contributed by atoms with Crippen molar-refractivity contribution < 1.29 is 9.53 Å². The van der Waals surface area contributed by atoms with Gasteiger partial charge in [0, 0.05) is 12.1 Å². The zero-order valence-corrected chi connectivity index (χ0v) is 15.7. The molecule has 0 fully saturated rings. The van der Waals surface area contributed by atoms with E-state index >= 15 is 0 Å². The van der Waals surface area contributed by atoms with Gasteiger partial charge in [-0.25, -0.2) is 9.67 Å². The summed E-state index contributed by atoms with van der Waals surface area (Å²) in [5.74, 6) is 1.40. The Labute approximate surface area is 168 Å². The van der Waals surface area contributed by atoms with Crippen LogP contribution in [0.5, 0.6) is 11.5 Å². The van der Waals surface area contributed by atoms with Crippen LogP contribution in [-0.2, 0) is 13.1 Å². The van der Waals surface area contributed by atoms with Gasteiger partial charge in [-0.2, -0.15) is 5.10 Å². The fourth-order valence-corrected chi connectivity index (χ4v) is 2.89. The molecule has 0 bridgehead atoms. The third kappa shape index (κ3) is 5.07. The maximum absolute atomic E-state index is 12.5. The van der Waals surface area contributed by atoms with E-state index in [1.165, 1.54) is 6.33 Å². The minimum atomic E-state index is -0.119. The predicted octanol–water partition coefficient (Wildman–Crippen LogP) is 4.05. The van der Waals surface area contributed by atoms with Crippen LogP contribution < -0.4 is 10.1 Å². The van der Waals surface area contributed by atoms with E-state index in [9.17, 15) is 4.79 Å². The largest absolute Gasteiger partial charge is 0.457 e. The van der Waals surface area contributed by atoms with Gasteiger partial charge in [-0.15, -0.1) is 0 Å². The average Bonchev–Trinajstić information content (AvgIpc) is 3.27. The fraction of sp³-hybridized carbons (Fsp3) is 0.0870. The highest BCUT2D eigenvalue weighted by Crippen LogP contribution is 2.21. The smallest absolute Gasteiger partial charge is 0.251 e. The first-order valence-corrected chi connectivity index (χ1v) is 9.28. The minimum absolute atomic E-state index is 0.119. The van der Waals surface area contributed by atoms with Gasteiger partial charge in [0.05, 0.1) is 6.54 Å². The normalized spacial score (nSPS) is 10.5. The lowest BCUT2D eigenvalue weighted by Gasteiger charge is -2.09. The third-order valence-electron chi connectivity index (χ3n) is 4.36. The quantitative estimate of drug-likeness (QED) is 0.522. The number of benzene rings is 3. The van der Waals surface area contributed by atoms with Crippen LogP contribution in [-0.4, -0.2) is 20.7 Å². The molecule has 0 radical (unpaired) electrons. The van der Waals surface area contributed by atoms with Crippen molar-refractivity contribution in [3.05, 3.63) is 108 Å². The van der Waals surface area contributed by atoms with Gasteiger partial charge in [0.1, 0.15) is 24.2 Å². The summed E-state index contributed by atoms with van der Waals surface area (Å²) in [5.41, 5.74) is 2.64. The number of nitrogens with one attached hydrogen (secondary N) is 1. The van der Waals surface area contributed by atoms with Gasteiger partial charge in [-0.05, 0) is 47.5 Å². The van der Waals surface area contributed by atoms with E-state index in [1.54, 1.807) is 11.0 Å². The van der Waals surface area contributed by atoms with Crippen molar-refractivity contribution in [1.29, 1.82) is 0 Å². The topological polar surface area (TPSA) is 69.0 Å². The molecule has 1 N–H and O–H groups in total. The second kappa shape index (κ2) is 8.84. The summed E-state index contributed by atoms with van der Waals surface area (Å²) < 4.78 is 7.58. The molecule has 1 heterocycles. The summed E-state index contributed by atoms with van der Waals surface area (Å²) in [6.45, 7) is 1.04. The summed E-state index contributed by atoms with van der Waals surface area (Å²) >= 11 is 0. The molecule has 0 saturated heterocycles. The van der Waals surface area contributed by atoms with Crippen molar-refractivity contribution in [1.82, 2.24) is 20.1 Å². The number of rotatable bonds is 7. The number of hydrogen-bond donors (Lipinski definition) is 1. The molecule has 6 heteroatoms. The first-order valence-electron chi connectivity index (χ1n) is 9.28. The Bertz CT molecular complexity index is 1060. The van der Waals surface area contributed by atoms with Crippen LogP contribution in [0.15, 0.2) is 91.5 Å². The highest BCUT2D eigenvalue weighted by atomic mass is 16.5. The molecule has 0 atom stereocenters. The molecule has 6 nitrogen and oxygen atoms in total. The third-order valence-corrected chi connectivity index (χ3v) is 4.36. The Hall–Kier alpha value is -3.93. The monoisotopic (exact) mass is 384 g/mol. The molecule has 0 unspecified atom stereocenters. The molecule has 0 aliphatic carbocycles. The number of carbonyl (C=O) groups is 1. The predicted molar refractivity (Wildman–Crippen MR) is 110 cm³/mol. The fourth-order valence-electron chi connectivity index (χ4n) is 2.89. The molecule has 144 valence electrons. The summed E-state index contributed by atoms with van der Waals surface area (Å²) in [7, 11) is 0. The van der Waals surface area contributed by atoms with E-state index in [2.05, 4.69) is 15.4 Å². The molecule has 0 saturated carbocycles. The highest BCUT2D eigenvalue weighted by molar-refractivity contribution is 5.94. The summed E-state index contributed by atoms with van der Waals surface area (Å²) in [5, 5.41) is 7.03. The lowest BCUT2D eigenvalue weighted by Crippen LogP contribution is -2.22. The van der Waals surface area contributed by atoms with Crippen LogP contribution in [0.25, 0.3) is 0 Å². The Morgan fingerprint density at radius 2 is 1.69 bits per heavy atom. The number of hydrogen-bond acceptors (Lipinski definition) is 4. The van der Waals surface area contributed by atoms with E-state index < -0.39 is 0 Å². The molecular formula is C23H20N4O2. The molecule has 0 aliphatic rings. The van der Waals surface area contributed by atoms with Crippen molar-refractivity contribution in [3.8, 4) is 11.5 Å². The van der Waals surface area contributed by atoms with Gasteiger partial charge >= 0.3 is 0 Å². The number of aromatic nitrogens is 3. The summed E-state index contributed by atoms with van der Waals surface area (Å²) in [4.78, 5) is 16.4. The second-order valence-corrected chi connectivity index (χ2v) is 6.54. The average molecular weight is 384 g/mol. The maximum Gasteiger partial charge on any atom is 0.251 e. The van der Waals surface area contributed by atoms with Crippen LogP contribution in [0.4, 0.5) is 0 Å². The molecule has 4 aromatic rings. The zero-order valence-electron chi connectivity index (χ0n) is 15.7. The van der Waals surface area contributed by atoms with Crippen molar-refractivity contribution in [3.63, 3.8) is 0 Å². The van der Waals surface area contributed by atoms with Gasteiger partial charge in [0.15, 0.2) is 0 Å². The molecule has 1 amide bonds. The summed E-state index contributed by atoms with van der Waals surface area (Å²) in [6.07, 6.45) is 3.16. The molecule has 3 aromatic carbocycles. The second-order valence-electron chi connectivity index (χ2n) is 6.54. The van der Waals surface area contributed by atoms with Crippen molar-refractivity contribution in [2.24, 2.45) is 0 Å². The molecule has 1 aromatic heterocycles. The molecule has 0 aliphatic heterocycles. The van der Waals surface area contributed by atoms with Crippen LogP contribution in [0.1, 0.15) is 21.5 Å². The van der Waals surface area contributed by atoms with E-state index in [1.807, 2.05) is 78.9 Å². The first kappa shape index (κ1) is 18.4. The number of para-hydroxylation sites is 1. The molecule has 29 heavy (non-hydrogen) atoms. The Kier molecular flexibility index (Phi) is 5.62. The first-order chi connectivity index (χ1) is 14.3. The van der Waals surface area contributed by atoms with Gasteiger partial charge in [-0.1, -0.05) is 42.5 Å². The van der Waals surface area contributed by atoms with Crippen molar-refractivity contribution in [2.45, 2.75) is 13.1 Å². The highest BCUT2D eigenvalue weighted by Gasteiger charge is 2.06. The van der Waals surface area contributed by atoms with E-state index in [4.69, 9.17) is 4.74 Å². The van der Waals surface area contributed by atoms with E-state index in [0.29, 0.717) is 18.7 Å². The lowest BCUT2D eigenvalue weighted by atomic mass is 10.1. The standard InChI is InChI=1S/C23H20N4O2/c28-23(20-11-9-18(10-12-20)15-27-17-24-16-26-27)25-14-19-5-4-8-22(13-19)29-21-6-2-1-3-7-21/h1-13,16-17H,14-15H2,(H,25,28). The Balaban J connectivity index is 1.34. The van der Waals surface area contributed by atoms with Crippen molar-refractivity contribution in [2.75, 3.05) is 0 Å². The number of nitrogens with zero attached hydrogens (tertiary/aromatic N) is 3. The number of ether oxygens (including phenoxy) is 1. The van der Waals surface area contributed by atoms with E-state index in [-0.39, 0.29) is 5.91 Å². The SMILES string of the molecule is O=C(NCc1cccc(Oc2ccccc2)c1)c1ccc(Cn2cncn2)cc1. The van der Waals surface area contributed by atoms with Gasteiger partial charge < -0.3 is 10.1 Å². The van der Waals surface area contributed by atoms with Gasteiger partial charge in [0.25, 0.3) is 5.91 Å². The lowest BCUT2D eigenvalue weighted by molar-refractivity contribution is 0.0951. The zero-order chi connectivity index (χ0) is 19.9. The molecule has 0 spiro atoms. The number of carbonyl (C=O) groups excluding carboxylic acids is 1. The number of amides is 1.